The van der Waals surface area contributed by atoms with Crippen molar-refractivity contribution in [3.8, 4) is 0 Å². The molecule has 5 nitrogen and oxygen atoms in total. The number of sulfone groups is 1. The minimum absolute atomic E-state index is 0.141. The quantitative estimate of drug-likeness (QED) is 0.738. The van der Waals surface area contributed by atoms with Gasteiger partial charge < -0.3 is 5.32 Å². The fourth-order valence-electron chi connectivity index (χ4n) is 2.35. The lowest BCUT2D eigenvalue weighted by molar-refractivity contribution is -0.115. The Labute approximate surface area is 150 Å². The fourth-order valence-corrected chi connectivity index (χ4v) is 3.72. The van der Waals surface area contributed by atoms with Crippen molar-refractivity contribution in [3.63, 3.8) is 0 Å². The van der Waals surface area contributed by atoms with E-state index in [1.54, 1.807) is 12.3 Å². The minimum Gasteiger partial charge on any atom is -0.325 e. The summed E-state index contributed by atoms with van der Waals surface area (Å²) >= 11 is 5.76. The summed E-state index contributed by atoms with van der Waals surface area (Å²) in [6, 6.07) is 15.2. The van der Waals surface area contributed by atoms with E-state index in [2.05, 4.69) is 10.3 Å². The highest BCUT2D eigenvalue weighted by Crippen LogP contribution is 2.18. The maximum absolute atomic E-state index is 12.2. The summed E-state index contributed by atoms with van der Waals surface area (Å²) in [4.78, 5) is 16.5. The molecule has 2 aromatic carbocycles. The van der Waals surface area contributed by atoms with E-state index in [-0.39, 0.29) is 23.0 Å². The molecule has 0 aliphatic heterocycles. The van der Waals surface area contributed by atoms with Gasteiger partial charge in [-0.05, 0) is 36.4 Å². The molecule has 0 bridgehead atoms. The molecule has 0 fully saturated rings. The van der Waals surface area contributed by atoms with E-state index >= 15 is 0 Å². The van der Waals surface area contributed by atoms with Gasteiger partial charge in [-0.3, -0.25) is 9.78 Å². The highest BCUT2D eigenvalue weighted by molar-refractivity contribution is 7.91. The number of para-hydroxylation sites is 1. The standard InChI is InChI=1S/C18H15ClN2O3S/c19-14-5-7-16(8-6-14)25(23,24)10-9-18(22)21-15-11-13-3-1-2-4-17(13)20-12-15/h1-8,11-12H,9-10H2,(H,21,22). The van der Waals surface area contributed by atoms with Gasteiger partial charge >= 0.3 is 0 Å². The number of pyridine rings is 1. The number of hydrogen-bond donors (Lipinski definition) is 1. The summed E-state index contributed by atoms with van der Waals surface area (Å²) < 4.78 is 24.5. The van der Waals surface area contributed by atoms with Crippen LogP contribution in [-0.2, 0) is 14.6 Å². The second-order valence-electron chi connectivity index (χ2n) is 5.49. The number of rotatable bonds is 5. The predicted octanol–water partition coefficient (Wildman–Crippen LogP) is 3.69. The van der Waals surface area contributed by atoms with Gasteiger partial charge in [0.05, 0.1) is 28.0 Å². The Balaban J connectivity index is 1.64. The summed E-state index contributed by atoms with van der Waals surface area (Å²) in [6.07, 6.45) is 1.41. The molecule has 1 amide bonds. The van der Waals surface area contributed by atoms with Crippen LogP contribution >= 0.6 is 11.6 Å². The number of carbonyl (C=O) groups excluding carboxylic acids is 1. The molecular formula is C18H15ClN2O3S. The predicted molar refractivity (Wildman–Crippen MR) is 98.5 cm³/mol. The normalized spacial score (nSPS) is 11.4. The van der Waals surface area contributed by atoms with E-state index in [0.717, 1.165) is 10.9 Å². The number of carbonyl (C=O) groups is 1. The van der Waals surface area contributed by atoms with Gasteiger partial charge in [0.2, 0.25) is 5.91 Å². The SMILES string of the molecule is O=C(CCS(=O)(=O)c1ccc(Cl)cc1)Nc1cnc2ccccc2c1. The van der Waals surface area contributed by atoms with Gasteiger partial charge in [-0.15, -0.1) is 0 Å². The molecule has 1 N–H and O–H groups in total. The van der Waals surface area contributed by atoms with Crippen LogP contribution in [-0.4, -0.2) is 25.1 Å². The van der Waals surface area contributed by atoms with Crippen LogP contribution in [0.15, 0.2) is 65.7 Å². The summed E-state index contributed by atoms with van der Waals surface area (Å²) in [7, 11) is -3.53. The van der Waals surface area contributed by atoms with Crippen LogP contribution in [0.2, 0.25) is 5.02 Å². The Hall–Kier alpha value is -2.44. The molecule has 0 unspecified atom stereocenters. The van der Waals surface area contributed by atoms with Gasteiger partial charge in [0.1, 0.15) is 0 Å². The van der Waals surface area contributed by atoms with E-state index in [1.165, 1.54) is 24.3 Å². The smallest absolute Gasteiger partial charge is 0.225 e. The van der Waals surface area contributed by atoms with Crippen molar-refractivity contribution >= 4 is 43.9 Å². The van der Waals surface area contributed by atoms with Crippen molar-refractivity contribution < 1.29 is 13.2 Å². The van der Waals surface area contributed by atoms with Gasteiger partial charge in [-0.2, -0.15) is 0 Å². The van der Waals surface area contributed by atoms with Gasteiger partial charge in [0.25, 0.3) is 0 Å². The molecule has 25 heavy (non-hydrogen) atoms. The highest BCUT2D eigenvalue weighted by atomic mass is 35.5. The fraction of sp³-hybridized carbons (Fsp3) is 0.111. The Morgan fingerprint density at radius 3 is 2.56 bits per heavy atom. The maximum atomic E-state index is 12.2. The second-order valence-corrected chi connectivity index (χ2v) is 8.03. The number of nitrogens with zero attached hydrogens (tertiary/aromatic N) is 1. The highest BCUT2D eigenvalue weighted by Gasteiger charge is 2.16. The first-order chi connectivity index (χ1) is 11.9. The number of anilines is 1. The Morgan fingerprint density at radius 1 is 1.08 bits per heavy atom. The van der Waals surface area contributed by atoms with E-state index in [0.29, 0.717) is 10.7 Å². The lowest BCUT2D eigenvalue weighted by Gasteiger charge is -2.07. The molecule has 0 atom stereocenters. The molecule has 0 spiro atoms. The molecule has 3 rings (SSSR count). The first kappa shape index (κ1) is 17.4. The number of nitrogens with one attached hydrogen (secondary N) is 1. The Kier molecular flexibility index (Phi) is 5.01. The van der Waals surface area contributed by atoms with Crippen molar-refractivity contribution in [1.82, 2.24) is 4.98 Å². The number of aromatic nitrogens is 1. The zero-order valence-electron chi connectivity index (χ0n) is 13.1. The van der Waals surface area contributed by atoms with Gasteiger partial charge in [0, 0.05) is 16.8 Å². The first-order valence-electron chi connectivity index (χ1n) is 7.57. The lowest BCUT2D eigenvalue weighted by atomic mass is 10.2. The zero-order chi connectivity index (χ0) is 17.9. The van der Waals surface area contributed by atoms with Gasteiger partial charge in [0.15, 0.2) is 9.84 Å². The topological polar surface area (TPSA) is 76.1 Å². The summed E-state index contributed by atoms with van der Waals surface area (Å²) in [5.74, 6) is -0.656. The monoisotopic (exact) mass is 374 g/mol. The van der Waals surface area contributed by atoms with Crippen molar-refractivity contribution in [3.05, 3.63) is 65.8 Å². The first-order valence-corrected chi connectivity index (χ1v) is 9.60. The zero-order valence-corrected chi connectivity index (χ0v) is 14.7. The third-order valence-electron chi connectivity index (χ3n) is 3.64. The third kappa shape index (κ3) is 4.35. The largest absolute Gasteiger partial charge is 0.325 e. The Bertz CT molecular complexity index is 1020. The van der Waals surface area contributed by atoms with Crippen molar-refractivity contribution in [2.45, 2.75) is 11.3 Å². The van der Waals surface area contributed by atoms with Gasteiger partial charge in [-0.1, -0.05) is 29.8 Å². The molecule has 128 valence electrons. The van der Waals surface area contributed by atoms with E-state index in [4.69, 9.17) is 11.6 Å². The number of fused-ring (bicyclic) bond motifs is 1. The van der Waals surface area contributed by atoms with Crippen molar-refractivity contribution in [1.29, 1.82) is 0 Å². The van der Waals surface area contributed by atoms with Crippen LogP contribution in [0.3, 0.4) is 0 Å². The molecule has 0 radical (unpaired) electrons. The van der Waals surface area contributed by atoms with Crippen LogP contribution in [0.4, 0.5) is 5.69 Å². The van der Waals surface area contributed by atoms with E-state index in [9.17, 15) is 13.2 Å². The second kappa shape index (κ2) is 7.21. The number of hydrogen-bond acceptors (Lipinski definition) is 4. The number of benzene rings is 2. The summed E-state index contributed by atoms with van der Waals surface area (Å²) in [5.41, 5.74) is 1.36. The van der Waals surface area contributed by atoms with E-state index < -0.39 is 9.84 Å². The average Bonchev–Trinajstić information content (AvgIpc) is 2.60. The average molecular weight is 375 g/mol. The van der Waals surface area contributed by atoms with Crippen molar-refractivity contribution in [2.24, 2.45) is 0 Å². The number of halogens is 1. The van der Waals surface area contributed by atoms with Gasteiger partial charge in [-0.25, -0.2) is 8.42 Å². The number of amides is 1. The summed E-state index contributed by atoms with van der Waals surface area (Å²) in [5, 5.41) is 4.04. The molecule has 0 saturated carbocycles. The third-order valence-corrected chi connectivity index (χ3v) is 5.63. The van der Waals surface area contributed by atoms with Crippen LogP contribution in [0.25, 0.3) is 10.9 Å². The molecule has 0 aliphatic rings. The van der Waals surface area contributed by atoms with Crippen molar-refractivity contribution in [2.75, 3.05) is 11.1 Å². The molecule has 7 heteroatoms. The molecule has 3 aromatic rings. The molecular weight excluding hydrogens is 360 g/mol. The molecule has 1 aromatic heterocycles. The lowest BCUT2D eigenvalue weighted by Crippen LogP contribution is -2.17. The Morgan fingerprint density at radius 2 is 1.80 bits per heavy atom. The molecule has 1 heterocycles. The van der Waals surface area contributed by atoms with Crippen LogP contribution in [0.1, 0.15) is 6.42 Å². The van der Waals surface area contributed by atoms with Crippen LogP contribution in [0, 0.1) is 0 Å². The summed E-state index contributed by atoms with van der Waals surface area (Å²) in [6.45, 7) is 0. The maximum Gasteiger partial charge on any atom is 0.225 e. The van der Waals surface area contributed by atoms with Crippen LogP contribution < -0.4 is 5.32 Å². The molecule has 0 aliphatic carbocycles. The minimum atomic E-state index is -3.53. The van der Waals surface area contributed by atoms with E-state index in [1.807, 2.05) is 24.3 Å². The van der Waals surface area contributed by atoms with Crippen LogP contribution in [0.5, 0.6) is 0 Å². The molecule has 0 saturated heterocycles.